The second-order valence-corrected chi connectivity index (χ2v) is 7.92. The number of nitro benzene ring substituents is 1. The maximum Gasteiger partial charge on any atom is 0.273 e. The number of halogens is 1. The summed E-state index contributed by atoms with van der Waals surface area (Å²) in [6.45, 7) is 4.00. The molecule has 1 heterocycles. The molecule has 6 nitrogen and oxygen atoms in total. The Morgan fingerprint density at radius 2 is 2.10 bits per heavy atom. The van der Waals surface area contributed by atoms with E-state index in [4.69, 9.17) is 11.6 Å². The van der Waals surface area contributed by atoms with Crippen molar-refractivity contribution in [1.82, 2.24) is 0 Å². The average Bonchev–Trinajstić information content (AvgIpc) is 2.35. The first-order valence-electron chi connectivity index (χ1n) is 6.13. The van der Waals surface area contributed by atoms with Gasteiger partial charge in [0, 0.05) is 24.7 Å². The summed E-state index contributed by atoms with van der Waals surface area (Å²) in [4.78, 5) is 12.2. The molecule has 1 atom stereocenters. The SMILES string of the molecule is Cc1cc(N2CCS(=O)(=O)C(C)C2)c(Cl)cc1[N+](=O)[O-]. The van der Waals surface area contributed by atoms with E-state index in [0.29, 0.717) is 24.3 Å². The number of anilines is 1. The molecule has 0 spiro atoms. The standard InChI is InChI=1S/C12H15ClN2O4S/c1-8-5-12(10(13)6-11(8)15(16)17)14-3-4-20(18,19)9(2)7-14/h5-6,9H,3-4,7H2,1-2H3. The first kappa shape index (κ1) is 15.1. The van der Waals surface area contributed by atoms with Gasteiger partial charge >= 0.3 is 0 Å². The first-order valence-corrected chi connectivity index (χ1v) is 8.23. The molecular formula is C12H15ClN2O4S. The third kappa shape index (κ3) is 2.73. The predicted octanol–water partition coefficient (Wildman–Crippen LogP) is 2.18. The topological polar surface area (TPSA) is 80.5 Å². The molecule has 0 saturated carbocycles. The lowest BCUT2D eigenvalue weighted by Crippen LogP contribution is -2.45. The summed E-state index contributed by atoms with van der Waals surface area (Å²) in [5, 5.41) is 10.7. The fraction of sp³-hybridized carbons (Fsp3) is 0.500. The predicted molar refractivity (Wildman–Crippen MR) is 78.3 cm³/mol. The number of aryl methyl sites for hydroxylation is 1. The number of rotatable bonds is 2. The monoisotopic (exact) mass is 318 g/mol. The van der Waals surface area contributed by atoms with Crippen LogP contribution in [0.25, 0.3) is 0 Å². The van der Waals surface area contributed by atoms with Crippen molar-refractivity contribution in [3.05, 3.63) is 32.8 Å². The van der Waals surface area contributed by atoms with Crippen molar-refractivity contribution < 1.29 is 13.3 Å². The van der Waals surface area contributed by atoms with Crippen LogP contribution in [0.15, 0.2) is 12.1 Å². The number of nitro groups is 1. The third-order valence-electron chi connectivity index (χ3n) is 3.54. The summed E-state index contributed by atoms with van der Waals surface area (Å²) in [6.07, 6.45) is 0. The first-order chi connectivity index (χ1) is 9.22. The minimum absolute atomic E-state index is 0.0311. The minimum atomic E-state index is -3.04. The molecule has 0 bridgehead atoms. The number of sulfone groups is 1. The Morgan fingerprint density at radius 1 is 1.45 bits per heavy atom. The molecule has 110 valence electrons. The Morgan fingerprint density at radius 3 is 2.65 bits per heavy atom. The van der Waals surface area contributed by atoms with Crippen LogP contribution in [0.2, 0.25) is 5.02 Å². The van der Waals surface area contributed by atoms with Gasteiger partial charge in [0.2, 0.25) is 0 Å². The summed E-state index contributed by atoms with van der Waals surface area (Å²) in [5.41, 5.74) is 1.13. The lowest BCUT2D eigenvalue weighted by Gasteiger charge is -2.33. The Kier molecular flexibility index (Phi) is 3.93. The molecule has 1 fully saturated rings. The van der Waals surface area contributed by atoms with Crippen LogP contribution in [0.5, 0.6) is 0 Å². The normalized spacial score (nSPS) is 21.8. The van der Waals surface area contributed by atoms with Gasteiger partial charge in [0.1, 0.15) is 0 Å². The van der Waals surface area contributed by atoms with Crippen molar-refractivity contribution in [2.75, 3.05) is 23.7 Å². The second-order valence-electron chi connectivity index (χ2n) is 4.97. The van der Waals surface area contributed by atoms with Crippen LogP contribution in [-0.2, 0) is 9.84 Å². The van der Waals surface area contributed by atoms with Gasteiger partial charge in [-0.3, -0.25) is 10.1 Å². The number of benzene rings is 1. The van der Waals surface area contributed by atoms with Crippen LogP contribution in [0.4, 0.5) is 11.4 Å². The van der Waals surface area contributed by atoms with Crippen molar-refractivity contribution >= 4 is 32.8 Å². The van der Waals surface area contributed by atoms with Crippen LogP contribution < -0.4 is 4.90 Å². The molecule has 0 radical (unpaired) electrons. The van der Waals surface area contributed by atoms with Crippen LogP contribution in [0, 0.1) is 17.0 Å². The van der Waals surface area contributed by atoms with Crippen molar-refractivity contribution in [2.24, 2.45) is 0 Å². The Bertz CT molecular complexity index is 660. The lowest BCUT2D eigenvalue weighted by atomic mass is 10.1. The van der Waals surface area contributed by atoms with E-state index >= 15 is 0 Å². The van der Waals surface area contributed by atoms with E-state index in [0.717, 1.165) is 0 Å². The quantitative estimate of drug-likeness (QED) is 0.616. The molecular weight excluding hydrogens is 304 g/mol. The maximum absolute atomic E-state index is 11.7. The fourth-order valence-corrected chi connectivity index (χ4v) is 3.83. The highest BCUT2D eigenvalue weighted by molar-refractivity contribution is 7.92. The van der Waals surface area contributed by atoms with Gasteiger partial charge in [-0.15, -0.1) is 0 Å². The molecule has 1 aliphatic heterocycles. The maximum atomic E-state index is 11.7. The summed E-state index contributed by atoms with van der Waals surface area (Å²) < 4.78 is 23.4. The van der Waals surface area contributed by atoms with E-state index in [-0.39, 0.29) is 16.5 Å². The molecule has 2 rings (SSSR count). The van der Waals surface area contributed by atoms with Crippen LogP contribution >= 0.6 is 11.6 Å². The molecule has 0 aromatic heterocycles. The van der Waals surface area contributed by atoms with E-state index in [1.54, 1.807) is 19.9 Å². The van der Waals surface area contributed by atoms with Crippen LogP contribution in [-0.4, -0.2) is 37.4 Å². The van der Waals surface area contributed by atoms with E-state index in [2.05, 4.69) is 0 Å². The molecule has 20 heavy (non-hydrogen) atoms. The summed E-state index contributed by atoms with van der Waals surface area (Å²) in [5.74, 6) is 0.0700. The summed E-state index contributed by atoms with van der Waals surface area (Å²) in [6, 6.07) is 2.96. The lowest BCUT2D eigenvalue weighted by molar-refractivity contribution is -0.385. The minimum Gasteiger partial charge on any atom is -0.368 e. The third-order valence-corrected chi connectivity index (χ3v) is 5.97. The van der Waals surface area contributed by atoms with Crippen molar-refractivity contribution in [2.45, 2.75) is 19.1 Å². The molecule has 0 amide bonds. The van der Waals surface area contributed by atoms with Gasteiger partial charge in [0.25, 0.3) is 5.69 Å². The molecule has 0 aliphatic carbocycles. The van der Waals surface area contributed by atoms with Gasteiger partial charge in [-0.05, 0) is 19.9 Å². The smallest absolute Gasteiger partial charge is 0.273 e. The van der Waals surface area contributed by atoms with E-state index < -0.39 is 20.0 Å². The van der Waals surface area contributed by atoms with Crippen LogP contribution in [0.1, 0.15) is 12.5 Å². The fourth-order valence-electron chi connectivity index (χ4n) is 2.27. The van der Waals surface area contributed by atoms with Gasteiger partial charge < -0.3 is 4.90 Å². The zero-order chi connectivity index (χ0) is 15.1. The van der Waals surface area contributed by atoms with E-state index in [1.165, 1.54) is 6.07 Å². The van der Waals surface area contributed by atoms with Gasteiger partial charge in [0.15, 0.2) is 9.84 Å². The van der Waals surface area contributed by atoms with Crippen molar-refractivity contribution in [3.63, 3.8) is 0 Å². The summed E-state index contributed by atoms with van der Waals surface area (Å²) in [7, 11) is -3.04. The molecule has 1 unspecified atom stereocenters. The number of hydrogen-bond acceptors (Lipinski definition) is 5. The van der Waals surface area contributed by atoms with Gasteiger partial charge in [-0.25, -0.2) is 8.42 Å². The average molecular weight is 319 g/mol. The highest BCUT2D eigenvalue weighted by Gasteiger charge is 2.30. The molecule has 1 aromatic carbocycles. The Labute approximate surface area is 122 Å². The zero-order valence-corrected chi connectivity index (χ0v) is 12.7. The van der Waals surface area contributed by atoms with E-state index in [1.807, 2.05) is 4.90 Å². The molecule has 1 saturated heterocycles. The van der Waals surface area contributed by atoms with E-state index in [9.17, 15) is 18.5 Å². The Hall–Kier alpha value is -1.34. The molecule has 8 heteroatoms. The van der Waals surface area contributed by atoms with Crippen molar-refractivity contribution in [1.29, 1.82) is 0 Å². The highest BCUT2D eigenvalue weighted by atomic mass is 35.5. The number of nitrogens with zero attached hydrogens (tertiary/aromatic N) is 2. The zero-order valence-electron chi connectivity index (χ0n) is 11.2. The van der Waals surface area contributed by atoms with Crippen LogP contribution in [0.3, 0.4) is 0 Å². The highest BCUT2D eigenvalue weighted by Crippen LogP contribution is 2.34. The molecule has 1 aliphatic rings. The number of hydrogen-bond donors (Lipinski definition) is 0. The Balaban J connectivity index is 2.35. The largest absolute Gasteiger partial charge is 0.368 e. The van der Waals surface area contributed by atoms with Gasteiger partial charge in [-0.2, -0.15) is 0 Å². The molecule has 1 aromatic rings. The van der Waals surface area contributed by atoms with Gasteiger partial charge in [-0.1, -0.05) is 11.6 Å². The van der Waals surface area contributed by atoms with Crippen molar-refractivity contribution in [3.8, 4) is 0 Å². The second kappa shape index (κ2) is 5.21. The van der Waals surface area contributed by atoms with Gasteiger partial charge in [0.05, 0.1) is 26.6 Å². The summed E-state index contributed by atoms with van der Waals surface area (Å²) >= 11 is 6.10. The molecule has 0 N–H and O–H groups in total.